The average Bonchev–Trinajstić information content (AvgIpc) is 2.70. The second-order valence-corrected chi connectivity index (χ2v) is 6.70. The summed E-state index contributed by atoms with van der Waals surface area (Å²) in [4.78, 5) is 0. The minimum atomic E-state index is -3.76. The van der Waals surface area contributed by atoms with Crippen LogP contribution in [0.4, 0.5) is 0 Å². The Labute approximate surface area is 116 Å². The van der Waals surface area contributed by atoms with E-state index in [4.69, 9.17) is 21.4 Å². The zero-order valence-electron chi connectivity index (χ0n) is 10.7. The molecule has 0 spiro atoms. The van der Waals surface area contributed by atoms with Crippen molar-refractivity contribution < 1.29 is 18.3 Å². The average molecular weight is 310 g/mol. The summed E-state index contributed by atoms with van der Waals surface area (Å²) >= 11 is 5.90. The molecule has 2 rings (SSSR count). The Kier molecular flexibility index (Phi) is 4.17. The van der Waals surface area contributed by atoms with Crippen LogP contribution in [0.2, 0.25) is 5.02 Å². The Hall–Kier alpha value is -0.670. The summed E-state index contributed by atoms with van der Waals surface area (Å²) < 4.78 is 33.1. The van der Waals surface area contributed by atoms with Gasteiger partial charge in [-0.15, -0.1) is 0 Å². The molecule has 1 fully saturated rings. The third-order valence-corrected chi connectivity index (χ3v) is 5.54. The Morgan fingerprint density at radius 1 is 1.63 bits per heavy atom. The van der Waals surface area contributed by atoms with E-state index in [1.165, 1.54) is 22.2 Å². The molecule has 2 heterocycles. The molecule has 1 aliphatic rings. The Morgan fingerprint density at radius 2 is 2.32 bits per heavy atom. The predicted molar refractivity (Wildman–Crippen MR) is 68.4 cm³/mol. The molecule has 19 heavy (non-hydrogen) atoms. The Bertz CT molecular complexity index is 540. The molecule has 2 atom stereocenters. The van der Waals surface area contributed by atoms with E-state index in [2.05, 4.69) is 5.10 Å². The van der Waals surface area contributed by atoms with Gasteiger partial charge in [0.1, 0.15) is 0 Å². The van der Waals surface area contributed by atoms with E-state index in [1.807, 2.05) is 0 Å². The number of aliphatic hydroxyl groups is 1. The van der Waals surface area contributed by atoms with Gasteiger partial charge in [-0.1, -0.05) is 11.6 Å². The van der Waals surface area contributed by atoms with E-state index in [-0.39, 0.29) is 35.8 Å². The first kappa shape index (κ1) is 14.7. The number of aliphatic hydroxyl groups excluding tert-OH is 1. The van der Waals surface area contributed by atoms with Gasteiger partial charge in [0, 0.05) is 19.6 Å². The first-order valence-corrected chi connectivity index (χ1v) is 7.61. The molecule has 1 saturated heterocycles. The summed E-state index contributed by atoms with van der Waals surface area (Å²) in [5, 5.41) is 13.0. The van der Waals surface area contributed by atoms with Crippen LogP contribution in [0.15, 0.2) is 11.2 Å². The summed E-state index contributed by atoms with van der Waals surface area (Å²) in [6, 6.07) is -0.321. The molecular weight excluding hydrogens is 294 g/mol. The van der Waals surface area contributed by atoms with E-state index in [9.17, 15) is 8.42 Å². The fourth-order valence-corrected chi connectivity index (χ4v) is 4.30. The van der Waals surface area contributed by atoms with Crippen LogP contribution >= 0.6 is 11.6 Å². The highest BCUT2D eigenvalue weighted by Gasteiger charge is 2.38. The number of sulfonamides is 1. The number of nitrogens with zero attached hydrogens (tertiary/aromatic N) is 3. The van der Waals surface area contributed by atoms with Gasteiger partial charge in [-0.2, -0.15) is 9.40 Å². The van der Waals surface area contributed by atoms with Crippen LogP contribution in [0, 0.1) is 0 Å². The molecule has 108 valence electrons. The van der Waals surface area contributed by atoms with Crippen LogP contribution in [-0.2, 0) is 21.8 Å². The van der Waals surface area contributed by atoms with Crippen molar-refractivity contribution in [3.05, 3.63) is 11.2 Å². The molecule has 2 unspecified atom stereocenters. The van der Waals surface area contributed by atoms with Gasteiger partial charge in [0.2, 0.25) is 0 Å². The quantitative estimate of drug-likeness (QED) is 0.839. The number of morpholine rings is 1. The number of aromatic nitrogens is 2. The van der Waals surface area contributed by atoms with Crippen molar-refractivity contribution in [3.63, 3.8) is 0 Å². The zero-order chi connectivity index (χ0) is 14.2. The number of ether oxygens (including phenoxy) is 1. The van der Waals surface area contributed by atoms with Crippen molar-refractivity contribution in [2.45, 2.75) is 24.1 Å². The van der Waals surface area contributed by atoms with E-state index in [1.54, 1.807) is 6.92 Å². The summed E-state index contributed by atoms with van der Waals surface area (Å²) in [6.07, 6.45) is 0.779. The largest absolute Gasteiger partial charge is 0.394 e. The smallest absolute Gasteiger partial charge is 0.262 e. The molecule has 1 aliphatic heterocycles. The van der Waals surface area contributed by atoms with E-state index in [0.29, 0.717) is 0 Å². The van der Waals surface area contributed by atoms with E-state index < -0.39 is 16.1 Å². The van der Waals surface area contributed by atoms with E-state index in [0.717, 1.165) is 0 Å². The number of halogens is 1. The van der Waals surface area contributed by atoms with Gasteiger partial charge in [0.05, 0.1) is 30.5 Å². The molecule has 1 N–H and O–H groups in total. The summed E-state index contributed by atoms with van der Waals surface area (Å²) in [5.41, 5.74) is 0. The number of hydrogen-bond donors (Lipinski definition) is 1. The van der Waals surface area contributed by atoms with Crippen LogP contribution in [0.1, 0.15) is 6.92 Å². The number of aryl methyl sites for hydroxylation is 1. The Morgan fingerprint density at radius 3 is 2.84 bits per heavy atom. The van der Waals surface area contributed by atoms with E-state index >= 15 is 0 Å². The van der Waals surface area contributed by atoms with Gasteiger partial charge in [-0.3, -0.25) is 4.68 Å². The third kappa shape index (κ3) is 2.63. The highest BCUT2D eigenvalue weighted by atomic mass is 35.5. The first-order chi connectivity index (χ1) is 8.87. The van der Waals surface area contributed by atoms with Gasteiger partial charge >= 0.3 is 0 Å². The molecule has 0 saturated carbocycles. The molecular formula is C10H16ClN3O4S. The normalized spacial score (nSPS) is 25.7. The van der Waals surface area contributed by atoms with Crippen molar-refractivity contribution >= 4 is 21.6 Å². The van der Waals surface area contributed by atoms with Crippen LogP contribution < -0.4 is 0 Å². The highest BCUT2D eigenvalue weighted by Crippen LogP contribution is 2.27. The van der Waals surface area contributed by atoms with Crippen LogP contribution in [-0.4, -0.2) is 59.5 Å². The minimum Gasteiger partial charge on any atom is -0.394 e. The van der Waals surface area contributed by atoms with Gasteiger partial charge < -0.3 is 9.84 Å². The van der Waals surface area contributed by atoms with Gasteiger partial charge in [-0.25, -0.2) is 8.42 Å². The topological polar surface area (TPSA) is 84.7 Å². The van der Waals surface area contributed by atoms with Crippen molar-refractivity contribution in [2.24, 2.45) is 7.05 Å². The van der Waals surface area contributed by atoms with Crippen LogP contribution in [0.3, 0.4) is 0 Å². The summed E-state index contributed by atoms with van der Waals surface area (Å²) in [5.74, 6) is 0. The van der Waals surface area contributed by atoms with Crippen LogP contribution in [0.25, 0.3) is 0 Å². The maximum atomic E-state index is 12.6. The lowest BCUT2D eigenvalue weighted by atomic mass is 10.2. The molecule has 1 aromatic rings. The number of rotatable bonds is 3. The second kappa shape index (κ2) is 5.37. The number of hydrogen-bond acceptors (Lipinski definition) is 5. The zero-order valence-corrected chi connectivity index (χ0v) is 12.2. The fourth-order valence-electron chi connectivity index (χ4n) is 2.04. The maximum absolute atomic E-state index is 12.6. The second-order valence-electron chi connectivity index (χ2n) is 4.48. The predicted octanol–water partition coefficient (Wildman–Crippen LogP) is -0.156. The van der Waals surface area contributed by atoms with Crippen molar-refractivity contribution in [3.8, 4) is 0 Å². The van der Waals surface area contributed by atoms with Crippen molar-refractivity contribution in [1.82, 2.24) is 14.1 Å². The minimum absolute atomic E-state index is 0.0420. The molecule has 7 nitrogen and oxygen atoms in total. The molecule has 1 aromatic heterocycles. The van der Waals surface area contributed by atoms with Crippen LogP contribution in [0.5, 0.6) is 0 Å². The SMILES string of the molecule is CC1COC(CO)CN1S(=O)(=O)c1c(Cl)cnn1C. The summed E-state index contributed by atoms with van der Waals surface area (Å²) in [6.45, 7) is 1.86. The standard InChI is InChI=1S/C10H16ClN3O4S/c1-7-6-18-8(5-15)4-14(7)19(16,17)10-9(11)3-12-13(10)2/h3,7-8,15H,4-6H2,1-2H3. The fraction of sp³-hybridized carbons (Fsp3) is 0.700. The lowest BCUT2D eigenvalue weighted by molar-refractivity contribution is -0.0517. The molecule has 0 aromatic carbocycles. The van der Waals surface area contributed by atoms with Gasteiger partial charge in [0.15, 0.2) is 5.03 Å². The molecule has 0 aliphatic carbocycles. The molecule has 0 amide bonds. The molecule has 0 radical (unpaired) electrons. The lowest BCUT2D eigenvalue weighted by Crippen LogP contribution is -2.52. The Balaban J connectivity index is 2.38. The molecule has 0 bridgehead atoms. The highest BCUT2D eigenvalue weighted by molar-refractivity contribution is 7.89. The monoisotopic (exact) mass is 309 g/mol. The first-order valence-electron chi connectivity index (χ1n) is 5.79. The third-order valence-electron chi connectivity index (χ3n) is 3.05. The van der Waals surface area contributed by atoms with Crippen molar-refractivity contribution in [2.75, 3.05) is 19.8 Å². The summed E-state index contributed by atoms with van der Waals surface area (Å²) in [7, 11) is -2.24. The van der Waals surface area contributed by atoms with Gasteiger partial charge in [-0.05, 0) is 6.92 Å². The maximum Gasteiger partial charge on any atom is 0.262 e. The van der Waals surface area contributed by atoms with Crippen molar-refractivity contribution in [1.29, 1.82) is 0 Å². The molecule has 9 heteroatoms. The lowest BCUT2D eigenvalue weighted by Gasteiger charge is -2.36. The van der Waals surface area contributed by atoms with Gasteiger partial charge in [0.25, 0.3) is 10.0 Å².